The van der Waals surface area contributed by atoms with Gasteiger partial charge in [-0.2, -0.15) is 0 Å². The molecule has 0 spiro atoms. The van der Waals surface area contributed by atoms with Crippen LogP contribution in [-0.2, 0) is 6.54 Å². The highest BCUT2D eigenvalue weighted by Crippen LogP contribution is 2.31. The first kappa shape index (κ1) is 14.9. The summed E-state index contributed by atoms with van der Waals surface area (Å²) in [5.41, 5.74) is 8.51. The molecule has 0 atom stereocenters. The van der Waals surface area contributed by atoms with E-state index in [4.69, 9.17) is 5.73 Å². The van der Waals surface area contributed by atoms with Crippen molar-refractivity contribution in [2.75, 3.05) is 10.6 Å². The summed E-state index contributed by atoms with van der Waals surface area (Å²) in [6, 6.07) is 13.4. The zero-order valence-electron chi connectivity index (χ0n) is 11.6. The van der Waals surface area contributed by atoms with Crippen LogP contribution in [0.5, 0.6) is 0 Å². The molecule has 0 aromatic heterocycles. The van der Waals surface area contributed by atoms with Crippen LogP contribution in [0.1, 0.15) is 19.4 Å². The molecule has 2 aromatic rings. The maximum Gasteiger partial charge on any atom is 0.139 e. The zero-order valence-corrected chi connectivity index (χ0v) is 13.2. The highest BCUT2D eigenvalue weighted by atomic mass is 79.9. The third-order valence-corrected chi connectivity index (χ3v) is 3.81. The summed E-state index contributed by atoms with van der Waals surface area (Å²) in [6.45, 7) is 4.84. The Hall–Kier alpha value is -1.55. The number of benzene rings is 2. The van der Waals surface area contributed by atoms with Gasteiger partial charge in [0.1, 0.15) is 5.82 Å². The van der Waals surface area contributed by atoms with Crippen molar-refractivity contribution in [1.82, 2.24) is 0 Å². The van der Waals surface area contributed by atoms with Crippen LogP contribution in [0.3, 0.4) is 0 Å². The van der Waals surface area contributed by atoms with E-state index in [1.54, 1.807) is 6.07 Å². The highest BCUT2D eigenvalue weighted by Gasteiger charge is 2.16. The van der Waals surface area contributed by atoms with E-state index in [0.717, 1.165) is 5.69 Å². The first-order valence-electron chi connectivity index (χ1n) is 6.54. The standard InChI is InChI=1S/C16H18BrFN2/c1-11(2)20(10-12-6-4-3-5-7-12)16-9-14(18)13(17)8-15(16)19/h3-9,11H,10,19H2,1-2H3. The van der Waals surface area contributed by atoms with Gasteiger partial charge in [0.05, 0.1) is 15.8 Å². The molecule has 0 radical (unpaired) electrons. The number of hydrogen-bond acceptors (Lipinski definition) is 2. The number of nitrogens with zero attached hydrogens (tertiary/aromatic N) is 1. The Kier molecular flexibility index (Phi) is 4.65. The van der Waals surface area contributed by atoms with Gasteiger partial charge in [-0.1, -0.05) is 30.3 Å². The lowest BCUT2D eigenvalue weighted by Crippen LogP contribution is -2.31. The molecule has 0 aliphatic heterocycles. The summed E-state index contributed by atoms with van der Waals surface area (Å²) in [6.07, 6.45) is 0. The molecule has 4 heteroatoms. The molecule has 0 heterocycles. The Labute approximate surface area is 127 Å². The van der Waals surface area contributed by atoms with Crippen LogP contribution in [0.15, 0.2) is 46.9 Å². The summed E-state index contributed by atoms with van der Waals surface area (Å²) < 4.78 is 14.2. The fourth-order valence-corrected chi connectivity index (χ4v) is 2.49. The van der Waals surface area contributed by atoms with Crippen molar-refractivity contribution in [1.29, 1.82) is 0 Å². The van der Waals surface area contributed by atoms with E-state index in [2.05, 4.69) is 46.8 Å². The molecule has 0 saturated heterocycles. The topological polar surface area (TPSA) is 29.3 Å². The van der Waals surface area contributed by atoms with Crippen molar-refractivity contribution in [2.45, 2.75) is 26.4 Å². The molecule has 0 amide bonds. The molecule has 0 saturated carbocycles. The molecule has 0 aliphatic rings. The van der Waals surface area contributed by atoms with E-state index in [0.29, 0.717) is 16.7 Å². The number of anilines is 2. The zero-order chi connectivity index (χ0) is 14.7. The van der Waals surface area contributed by atoms with Gasteiger partial charge in [0.25, 0.3) is 0 Å². The van der Waals surface area contributed by atoms with Crippen LogP contribution in [0.2, 0.25) is 0 Å². The summed E-state index contributed by atoms with van der Waals surface area (Å²) in [5, 5.41) is 0. The maximum atomic E-state index is 13.8. The van der Waals surface area contributed by atoms with Gasteiger partial charge in [-0.15, -0.1) is 0 Å². The van der Waals surface area contributed by atoms with Crippen molar-refractivity contribution in [3.8, 4) is 0 Å². The van der Waals surface area contributed by atoms with Gasteiger partial charge in [-0.3, -0.25) is 0 Å². The van der Waals surface area contributed by atoms with Gasteiger partial charge < -0.3 is 10.6 Å². The van der Waals surface area contributed by atoms with Crippen molar-refractivity contribution < 1.29 is 4.39 Å². The fraction of sp³-hybridized carbons (Fsp3) is 0.250. The van der Waals surface area contributed by atoms with Gasteiger partial charge in [0, 0.05) is 18.7 Å². The summed E-state index contributed by atoms with van der Waals surface area (Å²) in [4.78, 5) is 2.10. The van der Waals surface area contributed by atoms with Crippen molar-refractivity contribution in [3.63, 3.8) is 0 Å². The molecule has 106 valence electrons. The van der Waals surface area contributed by atoms with Crippen LogP contribution >= 0.6 is 15.9 Å². The average Bonchev–Trinajstić information content (AvgIpc) is 2.41. The molecular formula is C16H18BrFN2. The van der Waals surface area contributed by atoms with Crippen LogP contribution in [0, 0.1) is 5.82 Å². The first-order valence-corrected chi connectivity index (χ1v) is 7.33. The van der Waals surface area contributed by atoms with Crippen LogP contribution in [0.25, 0.3) is 0 Å². The van der Waals surface area contributed by atoms with Crippen molar-refractivity contribution >= 4 is 27.3 Å². The molecule has 2 aromatic carbocycles. The Morgan fingerprint density at radius 3 is 2.45 bits per heavy atom. The Bertz CT molecular complexity index is 585. The second-order valence-corrected chi connectivity index (χ2v) is 5.89. The minimum Gasteiger partial charge on any atom is -0.397 e. The van der Waals surface area contributed by atoms with Crippen molar-refractivity contribution in [3.05, 3.63) is 58.3 Å². The van der Waals surface area contributed by atoms with Gasteiger partial charge in [-0.25, -0.2) is 4.39 Å². The van der Waals surface area contributed by atoms with Gasteiger partial charge in [0.2, 0.25) is 0 Å². The van der Waals surface area contributed by atoms with E-state index < -0.39 is 0 Å². The molecular weight excluding hydrogens is 319 g/mol. The molecule has 0 fully saturated rings. The summed E-state index contributed by atoms with van der Waals surface area (Å²) in [7, 11) is 0. The Balaban J connectivity index is 2.37. The largest absolute Gasteiger partial charge is 0.397 e. The molecule has 2 N–H and O–H groups in total. The normalized spacial score (nSPS) is 10.8. The van der Waals surface area contributed by atoms with E-state index in [1.807, 2.05) is 18.2 Å². The van der Waals surface area contributed by atoms with Gasteiger partial charge in [0.15, 0.2) is 0 Å². The molecule has 0 aliphatic carbocycles. The maximum absolute atomic E-state index is 13.8. The fourth-order valence-electron chi connectivity index (χ4n) is 2.13. The number of halogens is 2. The first-order chi connectivity index (χ1) is 9.49. The van der Waals surface area contributed by atoms with E-state index in [1.165, 1.54) is 11.6 Å². The molecule has 2 rings (SSSR count). The second kappa shape index (κ2) is 6.27. The lowest BCUT2D eigenvalue weighted by molar-refractivity contribution is 0.616. The van der Waals surface area contributed by atoms with Crippen molar-refractivity contribution in [2.24, 2.45) is 0 Å². The third-order valence-electron chi connectivity index (χ3n) is 3.20. The molecule has 20 heavy (non-hydrogen) atoms. The van der Waals surface area contributed by atoms with E-state index in [9.17, 15) is 4.39 Å². The number of nitrogen functional groups attached to an aromatic ring is 1. The number of rotatable bonds is 4. The van der Waals surface area contributed by atoms with E-state index in [-0.39, 0.29) is 11.9 Å². The lowest BCUT2D eigenvalue weighted by atomic mass is 10.1. The number of hydrogen-bond donors (Lipinski definition) is 1. The third kappa shape index (κ3) is 3.31. The van der Waals surface area contributed by atoms with Crippen LogP contribution in [-0.4, -0.2) is 6.04 Å². The van der Waals surface area contributed by atoms with Crippen LogP contribution in [0.4, 0.5) is 15.8 Å². The highest BCUT2D eigenvalue weighted by molar-refractivity contribution is 9.10. The Morgan fingerprint density at radius 2 is 1.85 bits per heavy atom. The second-order valence-electron chi connectivity index (χ2n) is 5.03. The quantitative estimate of drug-likeness (QED) is 0.827. The molecule has 0 unspecified atom stereocenters. The minimum atomic E-state index is -0.298. The predicted molar refractivity (Wildman–Crippen MR) is 86.3 cm³/mol. The predicted octanol–water partition coefficient (Wildman–Crippen LogP) is 4.59. The van der Waals surface area contributed by atoms with Gasteiger partial charge >= 0.3 is 0 Å². The summed E-state index contributed by atoms with van der Waals surface area (Å²) >= 11 is 3.16. The average molecular weight is 337 g/mol. The monoisotopic (exact) mass is 336 g/mol. The number of nitrogens with two attached hydrogens (primary N) is 1. The summed E-state index contributed by atoms with van der Waals surface area (Å²) in [5.74, 6) is -0.298. The molecule has 0 bridgehead atoms. The molecule has 2 nitrogen and oxygen atoms in total. The van der Waals surface area contributed by atoms with E-state index >= 15 is 0 Å². The minimum absolute atomic E-state index is 0.220. The van der Waals surface area contributed by atoms with Crippen LogP contribution < -0.4 is 10.6 Å². The van der Waals surface area contributed by atoms with Gasteiger partial charge in [-0.05, 0) is 41.4 Å². The SMILES string of the molecule is CC(C)N(Cc1ccccc1)c1cc(F)c(Br)cc1N. The lowest BCUT2D eigenvalue weighted by Gasteiger charge is -2.30. The Morgan fingerprint density at radius 1 is 1.20 bits per heavy atom. The smallest absolute Gasteiger partial charge is 0.139 e.